The lowest BCUT2D eigenvalue weighted by Gasteiger charge is -2.32. The molecule has 2 N–H and O–H groups in total. The van der Waals surface area contributed by atoms with E-state index in [4.69, 9.17) is 4.74 Å². The van der Waals surface area contributed by atoms with Gasteiger partial charge in [0, 0.05) is 16.9 Å². The summed E-state index contributed by atoms with van der Waals surface area (Å²) in [6, 6.07) is 12.8. The zero-order chi connectivity index (χ0) is 18.2. The van der Waals surface area contributed by atoms with Crippen LogP contribution in [0.15, 0.2) is 41.8 Å². The van der Waals surface area contributed by atoms with Gasteiger partial charge in [-0.1, -0.05) is 6.07 Å². The first-order valence-corrected chi connectivity index (χ1v) is 10.4. The van der Waals surface area contributed by atoms with Crippen molar-refractivity contribution >= 4 is 17.2 Å². The Morgan fingerprint density at radius 3 is 2.62 bits per heavy atom. The predicted molar refractivity (Wildman–Crippen MR) is 106 cm³/mol. The lowest BCUT2D eigenvalue weighted by Crippen LogP contribution is -3.13. The molecule has 0 aliphatic carbocycles. The van der Waals surface area contributed by atoms with Crippen molar-refractivity contribution in [3.05, 3.63) is 52.2 Å². The molecule has 1 fully saturated rings. The number of methoxy groups -OCH3 is 1. The molecule has 1 amide bonds. The van der Waals surface area contributed by atoms with Crippen molar-refractivity contribution in [3.8, 4) is 5.75 Å². The third-order valence-corrected chi connectivity index (χ3v) is 6.12. The van der Waals surface area contributed by atoms with Gasteiger partial charge in [0.15, 0.2) is 0 Å². The lowest BCUT2D eigenvalue weighted by molar-refractivity contribution is -0.935. The number of amides is 1. The maximum atomic E-state index is 12.3. The second-order valence-corrected chi connectivity index (χ2v) is 7.96. The second-order valence-electron chi connectivity index (χ2n) is 6.93. The minimum absolute atomic E-state index is 0.147. The van der Waals surface area contributed by atoms with Crippen LogP contribution in [0.1, 0.15) is 42.2 Å². The maximum absolute atomic E-state index is 12.3. The van der Waals surface area contributed by atoms with Crippen molar-refractivity contribution in [1.29, 1.82) is 0 Å². The third-order valence-electron chi connectivity index (χ3n) is 5.19. The number of hydrogen-bond donors (Lipinski definition) is 2. The number of ether oxygens (including phenoxy) is 1. The van der Waals surface area contributed by atoms with Gasteiger partial charge in [-0.15, -0.1) is 11.3 Å². The number of rotatable bonds is 8. The number of aryl methyl sites for hydroxylation is 1. The van der Waals surface area contributed by atoms with E-state index in [0.717, 1.165) is 12.2 Å². The topological polar surface area (TPSA) is 42.8 Å². The molecule has 0 saturated carbocycles. The highest BCUT2D eigenvalue weighted by Crippen LogP contribution is 2.17. The quantitative estimate of drug-likeness (QED) is 0.747. The summed E-state index contributed by atoms with van der Waals surface area (Å²) >= 11 is 1.72. The summed E-state index contributed by atoms with van der Waals surface area (Å²) in [4.78, 5) is 15.2. The predicted octanol–water partition coefficient (Wildman–Crippen LogP) is 2.62. The van der Waals surface area contributed by atoms with Gasteiger partial charge in [0.1, 0.15) is 11.8 Å². The third kappa shape index (κ3) is 5.32. The number of nitrogens with one attached hydrogen (secondary N) is 2. The van der Waals surface area contributed by atoms with Crippen LogP contribution in [0, 0.1) is 0 Å². The minimum atomic E-state index is 0.147. The Balaban J connectivity index is 1.59. The van der Waals surface area contributed by atoms with Crippen molar-refractivity contribution in [3.63, 3.8) is 0 Å². The zero-order valence-corrected chi connectivity index (χ0v) is 16.3. The first kappa shape index (κ1) is 18.9. The van der Waals surface area contributed by atoms with E-state index in [1.807, 2.05) is 18.2 Å². The van der Waals surface area contributed by atoms with E-state index < -0.39 is 0 Å². The highest BCUT2D eigenvalue weighted by Gasteiger charge is 2.26. The Kier molecular flexibility index (Phi) is 7.09. The fraction of sp³-hybridized carbons (Fsp3) is 0.476. The number of piperidine rings is 1. The standard InChI is InChI=1S/C21H28N2O2S/c1-25-18-9-7-17(8-10-18)20(23-13-3-2-4-14-23)16-22-21(24)12-11-19-6-5-15-26-19/h5-10,15,20H,2-4,11-14,16H2,1H3,(H,22,24)/p+1/t20-/m1/s1. The van der Waals surface area contributed by atoms with Crippen LogP contribution in [0.2, 0.25) is 0 Å². The zero-order valence-electron chi connectivity index (χ0n) is 15.5. The second kappa shape index (κ2) is 9.74. The fourth-order valence-corrected chi connectivity index (χ4v) is 4.39. The van der Waals surface area contributed by atoms with Gasteiger partial charge in [-0.2, -0.15) is 0 Å². The summed E-state index contributed by atoms with van der Waals surface area (Å²) in [6.07, 6.45) is 5.26. The Labute approximate surface area is 160 Å². The fourth-order valence-electron chi connectivity index (χ4n) is 3.68. The SMILES string of the molecule is COc1ccc([C@@H](CNC(=O)CCc2cccs2)[NH+]2CCCCC2)cc1. The van der Waals surface area contributed by atoms with E-state index in [9.17, 15) is 4.79 Å². The number of carbonyl (C=O) groups excluding carboxylic acids is 1. The van der Waals surface area contributed by atoms with Crippen LogP contribution in [0.4, 0.5) is 0 Å². The summed E-state index contributed by atoms with van der Waals surface area (Å²) in [5, 5.41) is 5.25. The van der Waals surface area contributed by atoms with Crippen LogP contribution in [0.25, 0.3) is 0 Å². The summed E-state index contributed by atoms with van der Waals surface area (Å²) in [5.74, 6) is 1.02. The molecule has 0 unspecified atom stereocenters. The van der Waals surface area contributed by atoms with Crippen LogP contribution in [-0.4, -0.2) is 32.7 Å². The highest BCUT2D eigenvalue weighted by atomic mass is 32.1. The van der Waals surface area contributed by atoms with Gasteiger partial charge in [-0.05, 0) is 61.4 Å². The van der Waals surface area contributed by atoms with Crippen molar-refractivity contribution < 1.29 is 14.4 Å². The Morgan fingerprint density at radius 2 is 1.96 bits per heavy atom. The van der Waals surface area contributed by atoms with Crippen molar-refractivity contribution in [1.82, 2.24) is 5.32 Å². The normalized spacial score (nSPS) is 16.2. The molecule has 0 radical (unpaired) electrons. The maximum Gasteiger partial charge on any atom is 0.220 e. The molecule has 1 atom stereocenters. The number of likely N-dealkylation sites (tertiary alicyclic amines) is 1. The molecule has 3 rings (SSSR count). The van der Waals surface area contributed by atoms with Crippen LogP contribution in [-0.2, 0) is 11.2 Å². The van der Waals surface area contributed by atoms with Crippen LogP contribution >= 0.6 is 11.3 Å². The molecule has 26 heavy (non-hydrogen) atoms. The first-order chi connectivity index (χ1) is 12.8. The molecule has 0 bridgehead atoms. The van der Waals surface area contributed by atoms with E-state index in [0.29, 0.717) is 19.0 Å². The molecule has 140 valence electrons. The number of quaternary nitrogens is 1. The molecule has 5 heteroatoms. The molecule has 2 aromatic rings. The Morgan fingerprint density at radius 1 is 1.19 bits per heavy atom. The monoisotopic (exact) mass is 373 g/mol. The molecular weight excluding hydrogens is 344 g/mol. The van der Waals surface area contributed by atoms with E-state index in [-0.39, 0.29) is 5.91 Å². The number of thiophene rings is 1. The number of benzene rings is 1. The molecule has 0 spiro atoms. The van der Waals surface area contributed by atoms with Gasteiger partial charge < -0.3 is 15.0 Å². The molecule has 1 aromatic carbocycles. The van der Waals surface area contributed by atoms with E-state index in [2.05, 4.69) is 28.9 Å². The largest absolute Gasteiger partial charge is 0.497 e. The first-order valence-electron chi connectivity index (χ1n) is 9.54. The molecule has 1 aliphatic rings. The van der Waals surface area contributed by atoms with Crippen LogP contribution < -0.4 is 15.0 Å². The Bertz CT molecular complexity index is 664. The summed E-state index contributed by atoms with van der Waals surface area (Å²) < 4.78 is 5.28. The molecule has 2 heterocycles. The number of carbonyl (C=O) groups is 1. The van der Waals surface area contributed by atoms with Crippen LogP contribution in [0.3, 0.4) is 0 Å². The molecule has 1 aromatic heterocycles. The lowest BCUT2D eigenvalue weighted by atomic mass is 10.0. The number of hydrogen-bond acceptors (Lipinski definition) is 3. The van der Waals surface area contributed by atoms with E-state index in [1.54, 1.807) is 23.3 Å². The van der Waals surface area contributed by atoms with Gasteiger partial charge in [-0.25, -0.2) is 0 Å². The van der Waals surface area contributed by atoms with Crippen molar-refractivity contribution in [2.24, 2.45) is 0 Å². The molecule has 1 aliphatic heterocycles. The molecule has 4 nitrogen and oxygen atoms in total. The summed E-state index contributed by atoms with van der Waals surface area (Å²) in [5.41, 5.74) is 1.28. The van der Waals surface area contributed by atoms with Gasteiger partial charge in [0.2, 0.25) is 5.91 Å². The van der Waals surface area contributed by atoms with Gasteiger partial charge >= 0.3 is 0 Å². The average Bonchev–Trinajstić information content (AvgIpc) is 3.21. The summed E-state index contributed by atoms with van der Waals surface area (Å²) in [6.45, 7) is 3.06. The smallest absolute Gasteiger partial charge is 0.220 e. The van der Waals surface area contributed by atoms with Gasteiger partial charge in [0.25, 0.3) is 0 Å². The highest BCUT2D eigenvalue weighted by molar-refractivity contribution is 7.09. The average molecular weight is 374 g/mol. The van der Waals surface area contributed by atoms with Crippen molar-refractivity contribution in [2.75, 3.05) is 26.7 Å². The van der Waals surface area contributed by atoms with Gasteiger partial charge in [0.05, 0.1) is 26.7 Å². The molecular formula is C21H29N2O2S+. The Hall–Kier alpha value is -1.85. The molecule has 1 saturated heterocycles. The minimum Gasteiger partial charge on any atom is -0.497 e. The van der Waals surface area contributed by atoms with Crippen LogP contribution in [0.5, 0.6) is 5.75 Å². The van der Waals surface area contributed by atoms with Gasteiger partial charge in [-0.3, -0.25) is 4.79 Å². The van der Waals surface area contributed by atoms with Crippen molar-refractivity contribution in [2.45, 2.75) is 38.1 Å². The summed E-state index contributed by atoms with van der Waals surface area (Å²) in [7, 11) is 1.69. The van der Waals surface area contributed by atoms with E-state index >= 15 is 0 Å². The van der Waals surface area contributed by atoms with E-state index in [1.165, 1.54) is 42.8 Å².